The zero-order valence-electron chi connectivity index (χ0n) is 11.1. The number of nitrogens with one attached hydrogen (secondary N) is 1. The largest absolute Gasteiger partial charge is 0.370 e. The summed E-state index contributed by atoms with van der Waals surface area (Å²) in [6.45, 7) is 2.02. The summed E-state index contributed by atoms with van der Waals surface area (Å²) in [5, 5.41) is 2.76. The average Bonchev–Trinajstić information content (AvgIpc) is 2.35. The highest BCUT2D eigenvalue weighted by Gasteiger charge is 2.19. The molecule has 1 aromatic carbocycles. The topological polar surface area (TPSA) is 98.2 Å². The fraction of sp³-hybridized carbons (Fsp3) is 0.429. The van der Waals surface area contributed by atoms with E-state index >= 15 is 0 Å². The van der Waals surface area contributed by atoms with Crippen LogP contribution in [0.15, 0.2) is 30.3 Å². The van der Waals surface area contributed by atoms with Crippen molar-refractivity contribution < 1.29 is 9.59 Å². The molecule has 0 heterocycles. The summed E-state index contributed by atoms with van der Waals surface area (Å²) in [5.41, 5.74) is 11.8. The van der Waals surface area contributed by atoms with Crippen molar-refractivity contribution in [2.45, 2.75) is 25.8 Å². The molecule has 19 heavy (non-hydrogen) atoms. The summed E-state index contributed by atoms with van der Waals surface area (Å²) in [4.78, 5) is 22.8. The smallest absolute Gasteiger partial charge is 0.224 e. The van der Waals surface area contributed by atoms with Gasteiger partial charge in [0, 0.05) is 19.0 Å². The lowest BCUT2D eigenvalue weighted by molar-refractivity contribution is -0.125. The lowest BCUT2D eigenvalue weighted by atomic mass is 9.98. The number of nitrogens with two attached hydrogens (primary N) is 2. The van der Waals surface area contributed by atoms with Gasteiger partial charge in [-0.15, -0.1) is 0 Å². The number of hydrogen-bond donors (Lipinski definition) is 3. The monoisotopic (exact) mass is 263 g/mol. The van der Waals surface area contributed by atoms with Crippen LogP contribution in [0.2, 0.25) is 0 Å². The Bertz CT molecular complexity index is 420. The van der Waals surface area contributed by atoms with Crippen molar-refractivity contribution in [1.82, 2.24) is 5.32 Å². The zero-order valence-corrected chi connectivity index (χ0v) is 11.1. The Labute approximate surface area is 113 Å². The van der Waals surface area contributed by atoms with E-state index in [9.17, 15) is 9.59 Å². The minimum atomic E-state index is -0.430. The van der Waals surface area contributed by atoms with Crippen LogP contribution < -0.4 is 16.8 Å². The molecule has 0 bridgehead atoms. The molecule has 0 radical (unpaired) electrons. The van der Waals surface area contributed by atoms with Gasteiger partial charge in [0.1, 0.15) is 0 Å². The quantitative estimate of drug-likeness (QED) is 0.654. The normalized spacial score (nSPS) is 13.6. The Balaban J connectivity index is 2.54. The van der Waals surface area contributed by atoms with E-state index in [0.29, 0.717) is 6.42 Å². The molecule has 5 heteroatoms. The van der Waals surface area contributed by atoms with Crippen LogP contribution in [0.25, 0.3) is 0 Å². The van der Waals surface area contributed by atoms with Gasteiger partial charge in [-0.1, -0.05) is 30.3 Å². The Morgan fingerprint density at radius 2 is 1.89 bits per heavy atom. The molecular formula is C14H21N3O2. The van der Waals surface area contributed by atoms with Gasteiger partial charge in [-0.05, 0) is 18.9 Å². The van der Waals surface area contributed by atoms with Crippen molar-refractivity contribution in [3.8, 4) is 0 Å². The number of carbonyl (C=O) groups is 2. The van der Waals surface area contributed by atoms with Gasteiger partial charge >= 0.3 is 0 Å². The SMILES string of the molecule is CC(CC(N)=O)NC(=O)C(CN)Cc1ccccc1. The van der Waals surface area contributed by atoms with Crippen LogP contribution in [0.3, 0.4) is 0 Å². The molecule has 0 aliphatic carbocycles. The van der Waals surface area contributed by atoms with Gasteiger partial charge in [0.25, 0.3) is 0 Å². The van der Waals surface area contributed by atoms with E-state index in [1.807, 2.05) is 30.3 Å². The van der Waals surface area contributed by atoms with E-state index in [0.717, 1.165) is 5.56 Å². The molecule has 0 saturated carbocycles. The summed E-state index contributed by atoms with van der Waals surface area (Å²) in [6, 6.07) is 9.43. The predicted molar refractivity (Wildman–Crippen MR) is 74.1 cm³/mol. The van der Waals surface area contributed by atoms with Crippen molar-refractivity contribution in [2.24, 2.45) is 17.4 Å². The number of amides is 2. The summed E-state index contributed by atoms with van der Waals surface area (Å²) >= 11 is 0. The second-order valence-electron chi connectivity index (χ2n) is 4.70. The van der Waals surface area contributed by atoms with Gasteiger partial charge in [-0.2, -0.15) is 0 Å². The molecule has 0 aliphatic heterocycles. The first kappa shape index (κ1) is 15.2. The predicted octanol–water partition coefficient (Wildman–Crippen LogP) is 0.184. The van der Waals surface area contributed by atoms with Gasteiger partial charge < -0.3 is 16.8 Å². The Kier molecular flexibility index (Phi) is 6.02. The van der Waals surface area contributed by atoms with Crippen molar-refractivity contribution in [3.05, 3.63) is 35.9 Å². The van der Waals surface area contributed by atoms with Crippen LogP contribution in [0.4, 0.5) is 0 Å². The molecule has 0 aromatic heterocycles. The molecule has 2 unspecified atom stereocenters. The van der Waals surface area contributed by atoms with Gasteiger partial charge in [-0.25, -0.2) is 0 Å². The molecular weight excluding hydrogens is 242 g/mol. The minimum Gasteiger partial charge on any atom is -0.370 e. The van der Waals surface area contributed by atoms with E-state index in [1.54, 1.807) is 6.92 Å². The van der Waals surface area contributed by atoms with Crippen molar-refractivity contribution in [1.29, 1.82) is 0 Å². The molecule has 1 rings (SSSR count). The number of carbonyl (C=O) groups excluding carboxylic acids is 2. The molecule has 0 spiro atoms. The van der Waals surface area contributed by atoms with Crippen LogP contribution in [-0.4, -0.2) is 24.4 Å². The van der Waals surface area contributed by atoms with Crippen molar-refractivity contribution in [2.75, 3.05) is 6.54 Å². The van der Waals surface area contributed by atoms with E-state index in [-0.39, 0.29) is 30.8 Å². The molecule has 5 nitrogen and oxygen atoms in total. The molecule has 1 aromatic rings. The number of benzene rings is 1. The number of primary amides is 1. The molecule has 0 fully saturated rings. The van der Waals surface area contributed by atoms with Crippen LogP contribution in [0, 0.1) is 5.92 Å². The van der Waals surface area contributed by atoms with E-state index < -0.39 is 5.91 Å². The van der Waals surface area contributed by atoms with Crippen LogP contribution in [0.1, 0.15) is 18.9 Å². The standard InChI is InChI=1S/C14H21N3O2/c1-10(7-13(16)18)17-14(19)12(9-15)8-11-5-3-2-4-6-11/h2-6,10,12H,7-9,15H2,1H3,(H2,16,18)(H,17,19). The molecule has 0 saturated heterocycles. The van der Waals surface area contributed by atoms with Crippen molar-refractivity contribution in [3.63, 3.8) is 0 Å². The third-order valence-electron chi connectivity index (χ3n) is 2.88. The van der Waals surface area contributed by atoms with E-state index in [2.05, 4.69) is 5.32 Å². The molecule has 104 valence electrons. The number of rotatable bonds is 7. The average molecular weight is 263 g/mol. The molecule has 5 N–H and O–H groups in total. The fourth-order valence-electron chi connectivity index (χ4n) is 1.90. The second-order valence-corrected chi connectivity index (χ2v) is 4.70. The van der Waals surface area contributed by atoms with Crippen LogP contribution in [-0.2, 0) is 16.0 Å². The summed E-state index contributed by atoms with van der Waals surface area (Å²) in [5.74, 6) is -0.863. The maximum atomic E-state index is 12.0. The summed E-state index contributed by atoms with van der Waals surface area (Å²) < 4.78 is 0. The van der Waals surface area contributed by atoms with Gasteiger partial charge in [0.05, 0.1) is 5.92 Å². The highest BCUT2D eigenvalue weighted by molar-refractivity contribution is 5.81. The summed E-state index contributed by atoms with van der Waals surface area (Å²) in [6.07, 6.45) is 0.723. The van der Waals surface area contributed by atoms with Gasteiger partial charge in [-0.3, -0.25) is 9.59 Å². The molecule has 2 atom stereocenters. The maximum Gasteiger partial charge on any atom is 0.224 e. The Morgan fingerprint density at radius 3 is 2.42 bits per heavy atom. The molecule has 0 aliphatic rings. The first-order valence-corrected chi connectivity index (χ1v) is 6.35. The molecule has 2 amide bonds. The fourth-order valence-corrected chi connectivity index (χ4v) is 1.90. The third-order valence-corrected chi connectivity index (χ3v) is 2.88. The second kappa shape index (κ2) is 7.53. The van der Waals surface area contributed by atoms with E-state index in [4.69, 9.17) is 11.5 Å². The third kappa shape index (κ3) is 5.52. The first-order valence-electron chi connectivity index (χ1n) is 6.35. The van der Waals surface area contributed by atoms with Gasteiger partial charge in [0.2, 0.25) is 11.8 Å². The first-order chi connectivity index (χ1) is 9.02. The minimum absolute atomic E-state index is 0.133. The summed E-state index contributed by atoms with van der Waals surface area (Å²) in [7, 11) is 0. The Hall–Kier alpha value is -1.88. The highest BCUT2D eigenvalue weighted by Crippen LogP contribution is 2.08. The Morgan fingerprint density at radius 1 is 1.26 bits per heavy atom. The van der Waals surface area contributed by atoms with E-state index in [1.165, 1.54) is 0 Å². The number of hydrogen-bond acceptors (Lipinski definition) is 3. The lowest BCUT2D eigenvalue weighted by Gasteiger charge is -2.18. The maximum absolute atomic E-state index is 12.0. The van der Waals surface area contributed by atoms with Gasteiger partial charge in [0.15, 0.2) is 0 Å². The van der Waals surface area contributed by atoms with Crippen LogP contribution >= 0.6 is 0 Å². The highest BCUT2D eigenvalue weighted by atomic mass is 16.2. The zero-order chi connectivity index (χ0) is 14.3. The lowest BCUT2D eigenvalue weighted by Crippen LogP contribution is -2.42. The van der Waals surface area contributed by atoms with Crippen LogP contribution in [0.5, 0.6) is 0 Å². The van der Waals surface area contributed by atoms with Crippen molar-refractivity contribution >= 4 is 11.8 Å².